The molecule has 0 saturated carbocycles. The summed E-state index contributed by atoms with van der Waals surface area (Å²) >= 11 is 0. The fraction of sp³-hybridized carbons (Fsp3) is 0.275. The van der Waals surface area contributed by atoms with Crippen LogP contribution in [0.5, 0.6) is 5.75 Å². The van der Waals surface area contributed by atoms with Crippen molar-refractivity contribution in [3.8, 4) is 17.6 Å². The van der Waals surface area contributed by atoms with E-state index in [-0.39, 0.29) is 19.8 Å². The summed E-state index contributed by atoms with van der Waals surface area (Å²) in [5.74, 6) is 3.97. The number of aliphatic hydroxyl groups excluding tert-OH is 2. The standard InChI is InChI=1S/C51H47N3O7/c55-29-30-60-42-24-14-13-23-38(42)47-51(39-31-34(27-28-40(39)53-50(51)59)26-25-33-15-5-1-6-16-33)43(48(57)52-32-41(56)35-17-7-2-8-18-35)45-49(58)61-46(37-21-11-4-12-22-37)44(54(45)47)36-19-9-3-10-20-36/h2-4,7-15,17-24,27-28,31,41,43-47,55-56H,1,5-6,16,29-30,32H2,(H,52,57)(H,53,59)/t41-,43-,44-,45-,46+,47+,51-/m0/s1. The summed E-state index contributed by atoms with van der Waals surface area (Å²) in [6.45, 7) is -0.472. The Hall–Kier alpha value is -6.51. The molecule has 9 rings (SSSR count). The molecule has 0 aromatic heterocycles. The molecule has 10 heteroatoms. The molecule has 2 saturated heterocycles. The zero-order valence-electron chi connectivity index (χ0n) is 33.6. The highest BCUT2D eigenvalue weighted by atomic mass is 16.6. The molecule has 2 amide bonds. The molecule has 0 radical (unpaired) electrons. The SMILES string of the molecule is O=C1O[C@H](c2ccccc2)[C@H](c2ccccc2)N2[C@H]1[C@@H](C(=O)NC[C@H](O)c1ccccc1)[C@]1(C(=O)Nc3ccc(C#CC4=CCCCC4)cc31)[C@H]2c1ccccc1OCCO. The van der Waals surface area contributed by atoms with Crippen molar-refractivity contribution in [2.75, 3.05) is 25.1 Å². The predicted octanol–water partition coefficient (Wildman–Crippen LogP) is 7.03. The molecular formula is C51H47N3O7. The molecule has 2 fully saturated rings. The second-order valence-corrected chi connectivity index (χ2v) is 16.0. The summed E-state index contributed by atoms with van der Waals surface area (Å²) in [6.07, 6.45) is 4.34. The average molecular weight is 814 g/mol. The average Bonchev–Trinajstić information content (AvgIpc) is 3.79. The molecule has 10 nitrogen and oxygen atoms in total. The van der Waals surface area contributed by atoms with Crippen LogP contribution >= 0.6 is 0 Å². The number of nitrogens with zero attached hydrogens (tertiary/aromatic N) is 1. The van der Waals surface area contributed by atoms with Crippen LogP contribution in [0, 0.1) is 17.8 Å². The van der Waals surface area contributed by atoms with E-state index in [2.05, 4.69) is 28.6 Å². The smallest absolute Gasteiger partial charge is 0.324 e. The van der Waals surface area contributed by atoms with Crippen molar-refractivity contribution in [2.45, 2.75) is 61.4 Å². The van der Waals surface area contributed by atoms with Crippen LogP contribution in [0.1, 0.15) is 83.4 Å². The number of hydrogen-bond donors (Lipinski definition) is 4. The van der Waals surface area contributed by atoms with Crippen molar-refractivity contribution in [1.82, 2.24) is 10.2 Å². The largest absolute Gasteiger partial charge is 0.491 e. The highest BCUT2D eigenvalue weighted by molar-refractivity contribution is 6.12. The van der Waals surface area contributed by atoms with Gasteiger partial charge in [0.2, 0.25) is 11.8 Å². The first kappa shape index (κ1) is 39.9. The quantitative estimate of drug-likeness (QED) is 0.0872. The maximum Gasteiger partial charge on any atom is 0.324 e. The summed E-state index contributed by atoms with van der Waals surface area (Å²) in [5, 5.41) is 27.4. The van der Waals surface area contributed by atoms with Crippen molar-refractivity contribution >= 4 is 23.5 Å². The van der Waals surface area contributed by atoms with Gasteiger partial charge in [0, 0.05) is 23.4 Å². The molecule has 5 aromatic rings. The van der Waals surface area contributed by atoms with E-state index >= 15 is 14.4 Å². The van der Waals surface area contributed by atoms with Crippen LogP contribution < -0.4 is 15.4 Å². The highest BCUT2D eigenvalue weighted by Crippen LogP contribution is 2.65. The first-order valence-electron chi connectivity index (χ1n) is 21.0. The molecule has 1 spiro atoms. The number of carbonyl (C=O) groups is 3. The van der Waals surface area contributed by atoms with E-state index in [1.54, 1.807) is 30.3 Å². The number of aliphatic hydroxyl groups is 2. The highest BCUT2D eigenvalue weighted by Gasteiger charge is 2.74. The lowest BCUT2D eigenvalue weighted by Gasteiger charge is -2.46. The van der Waals surface area contributed by atoms with E-state index in [0.29, 0.717) is 33.7 Å². The third-order valence-electron chi connectivity index (χ3n) is 12.5. The molecule has 4 N–H and O–H groups in total. The predicted molar refractivity (Wildman–Crippen MR) is 230 cm³/mol. The molecule has 3 heterocycles. The van der Waals surface area contributed by atoms with Gasteiger partial charge in [-0.25, -0.2) is 0 Å². The summed E-state index contributed by atoms with van der Waals surface area (Å²) < 4.78 is 12.8. The van der Waals surface area contributed by atoms with Gasteiger partial charge in [-0.3, -0.25) is 19.3 Å². The monoisotopic (exact) mass is 813 g/mol. The Morgan fingerprint density at radius 3 is 2.30 bits per heavy atom. The van der Waals surface area contributed by atoms with E-state index in [4.69, 9.17) is 9.47 Å². The molecule has 4 aliphatic rings. The van der Waals surface area contributed by atoms with Crippen LogP contribution in [0.3, 0.4) is 0 Å². The van der Waals surface area contributed by atoms with Gasteiger partial charge in [-0.2, -0.15) is 0 Å². The van der Waals surface area contributed by atoms with E-state index < -0.39 is 59.5 Å². The van der Waals surface area contributed by atoms with Gasteiger partial charge in [-0.05, 0) is 77.8 Å². The Morgan fingerprint density at radius 1 is 0.869 bits per heavy atom. The fourth-order valence-electron chi connectivity index (χ4n) is 9.84. The maximum atomic E-state index is 15.6. The van der Waals surface area contributed by atoms with Crippen molar-refractivity contribution < 1.29 is 34.1 Å². The second kappa shape index (κ2) is 17.2. The van der Waals surface area contributed by atoms with Crippen LogP contribution in [0.2, 0.25) is 0 Å². The minimum atomic E-state index is -1.78. The number of nitrogens with one attached hydrogen (secondary N) is 2. The normalized spacial score (nSPS) is 24.6. The molecule has 308 valence electrons. The van der Waals surface area contributed by atoms with E-state index in [1.807, 2.05) is 108 Å². The number of rotatable bonds is 10. The zero-order valence-corrected chi connectivity index (χ0v) is 33.6. The van der Waals surface area contributed by atoms with Crippen LogP contribution in [0.4, 0.5) is 5.69 Å². The summed E-state index contributed by atoms with van der Waals surface area (Å²) in [4.78, 5) is 48.1. The maximum absolute atomic E-state index is 15.6. The molecule has 0 bridgehead atoms. The summed E-state index contributed by atoms with van der Waals surface area (Å²) in [7, 11) is 0. The molecule has 61 heavy (non-hydrogen) atoms. The minimum absolute atomic E-state index is 0.0311. The number of hydrogen-bond acceptors (Lipinski definition) is 8. The van der Waals surface area contributed by atoms with Gasteiger partial charge >= 0.3 is 5.97 Å². The Labute approximate surface area is 355 Å². The number of amides is 2. The lowest BCUT2D eigenvalue weighted by Crippen LogP contribution is -2.55. The van der Waals surface area contributed by atoms with Gasteiger partial charge in [0.1, 0.15) is 29.9 Å². The third kappa shape index (κ3) is 7.29. The zero-order chi connectivity index (χ0) is 41.9. The van der Waals surface area contributed by atoms with Gasteiger partial charge in [0.15, 0.2) is 0 Å². The van der Waals surface area contributed by atoms with Gasteiger partial charge < -0.3 is 30.3 Å². The van der Waals surface area contributed by atoms with Crippen LogP contribution in [0.15, 0.2) is 145 Å². The van der Waals surface area contributed by atoms with E-state index in [9.17, 15) is 10.2 Å². The number of esters is 1. The lowest BCUT2D eigenvalue weighted by molar-refractivity contribution is -0.178. The second-order valence-electron chi connectivity index (χ2n) is 16.0. The number of carbonyl (C=O) groups excluding carboxylic acids is 3. The number of morpholine rings is 1. The molecule has 1 aliphatic carbocycles. The van der Waals surface area contributed by atoms with E-state index in [0.717, 1.165) is 42.4 Å². The summed E-state index contributed by atoms with van der Waals surface area (Å²) in [5.41, 5.74) is 3.65. The number of ether oxygens (including phenoxy) is 2. The van der Waals surface area contributed by atoms with Crippen LogP contribution in [-0.4, -0.2) is 58.7 Å². The summed E-state index contributed by atoms with van der Waals surface area (Å²) in [6, 6.07) is 38.0. The number of fused-ring (bicyclic) bond motifs is 3. The van der Waals surface area contributed by atoms with Gasteiger partial charge in [0.25, 0.3) is 0 Å². The number of benzene rings is 5. The Bertz CT molecular complexity index is 2520. The third-order valence-corrected chi connectivity index (χ3v) is 12.5. The Morgan fingerprint density at radius 2 is 1.57 bits per heavy atom. The number of cyclic esters (lactones) is 1. The van der Waals surface area contributed by atoms with Crippen molar-refractivity contribution in [3.05, 3.63) is 178 Å². The Kier molecular flexibility index (Phi) is 11.3. The lowest BCUT2D eigenvalue weighted by atomic mass is 9.65. The van der Waals surface area contributed by atoms with Gasteiger partial charge in [-0.15, -0.1) is 0 Å². The van der Waals surface area contributed by atoms with Crippen LogP contribution in [-0.2, 0) is 24.5 Å². The first-order chi connectivity index (χ1) is 29.9. The molecule has 5 aromatic carbocycles. The van der Waals surface area contributed by atoms with Gasteiger partial charge in [-0.1, -0.05) is 127 Å². The first-order valence-corrected chi connectivity index (χ1v) is 21.0. The fourth-order valence-corrected chi connectivity index (χ4v) is 9.84. The molecule has 3 aliphatic heterocycles. The number of anilines is 1. The van der Waals surface area contributed by atoms with Gasteiger partial charge in [0.05, 0.1) is 30.7 Å². The molecule has 0 unspecified atom stereocenters. The minimum Gasteiger partial charge on any atom is -0.491 e. The van der Waals surface area contributed by atoms with Crippen LogP contribution in [0.25, 0.3) is 0 Å². The van der Waals surface area contributed by atoms with Crippen molar-refractivity contribution in [2.24, 2.45) is 5.92 Å². The number of para-hydroxylation sites is 1. The van der Waals surface area contributed by atoms with Crippen molar-refractivity contribution in [3.63, 3.8) is 0 Å². The number of allylic oxidation sites excluding steroid dienone is 2. The Balaban J connectivity index is 1.30. The van der Waals surface area contributed by atoms with E-state index in [1.165, 1.54) is 0 Å². The molecule has 7 atom stereocenters. The van der Waals surface area contributed by atoms with Crippen molar-refractivity contribution in [1.29, 1.82) is 0 Å². The topological polar surface area (TPSA) is 137 Å². The molecular weight excluding hydrogens is 767 g/mol.